The van der Waals surface area contributed by atoms with E-state index < -0.39 is 23.4 Å². The zero-order valence-electron chi connectivity index (χ0n) is 20.6. The summed E-state index contributed by atoms with van der Waals surface area (Å²) in [7, 11) is 1.84. The smallest absolute Gasteiger partial charge is 0.314 e. The standard InChI is InChI=1S/C28H25F2N5O3/c1-35-24(10-20-14-31-16-25(34-20)38-21-11-28(29,30)12-21)22(15-33-35)23-7-4-18(13-32-23)17-2-5-19(6-3-17)27(8-9-27)26(36)37/h2-7,13-16,21H,8-12H2,1H3,(H,36,37). The normalized spacial score (nSPS) is 17.6. The van der Waals surface area contributed by atoms with Gasteiger partial charge in [-0.15, -0.1) is 0 Å². The first kappa shape index (κ1) is 24.1. The van der Waals surface area contributed by atoms with Gasteiger partial charge in [0.1, 0.15) is 6.10 Å². The van der Waals surface area contributed by atoms with Gasteiger partial charge in [-0.05, 0) is 30.0 Å². The second kappa shape index (κ2) is 8.97. The number of carboxylic acid groups (broad SMARTS) is 1. The zero-order chi connectivity index (χ0) is 26.5. The van der Waals surface area contributed by atoms with Crippen molar-refractivity contribution in [2.45, 2.75) is 49.5 Å². The van der Waals surface area contributed by atoms with Crippen LogP contribution < -0.4 is 4.74 Å². The highest BCUT2D eigenvalue weighted by Gasteiger charge is 2.51. The molecular formula is C28H25F2N5O3. The van der Waals surface area contributed by atoms with Gasteiger partial charge >= 0.3 is 5.97 Å². The molecule has 2 aliphatic carbocycles. The topological polar surface area (TPSA) is 103 Å². The van der Waals surface area contributed by atoms with E-state index in [1.807, 2.05) is 43.4 Å². The zero-order valence-corrected chi connectivity index (χ0v) is 20.6. The molecule has 4 aromatic rings. The molecular weight excluding hydrogens is 492 g/mol. The third-order valence-corrected chi connectivity index (χ3v) is 7.38. The molecule has 3 heterocycles. The van der Waals surface area contributed by atoms with Crippen LogP contribution in [-0.2, 0) is 23.7 Å². The van der Waals surface area contributed by atoms with Crippen molar-refractivity contribution < 1.29 is 23.4 Å². The minimum atomic E-state index is -2.66. The number of aryl methyl sites for hydroxylation is 1. The summed E-state index contributed by atoms with van der Waals surface area (Å²) in [5, 5.41) is 13.9. The largest absolute Gasteiger partial charge is 0.481 e. The molecule has 0 amide bonds. The molecule has 0 bridgehead atoms. The quantitative estimate of drug-likeness (QED) is 0.357. The molecule has 6 rings (SSSR count). The fourth-order valence-corrected chi connectivity index (χ4v) is 4.90. The lowest BCUT2D eigenvalue weighted by atomic mass is 9.91. The van der Waals surface area contributed by atoms with Gasteiger partial charge in [-0.1, -0.05) is 30.3 Å². The van der Waals surface area contributed by atoms with E-state index in [1.54, 1.807) is 23.3 Å². The van der Waals surface area contributed by atoms with Gasteiger partial charge in [0.05, 0.1) is 34.9 Å². The molecule has 8 nitrogen and oxygen atoms in total. The molecule has 194 valence electrons. The fourth-order valence-electron chi connectivity index (χ4n) is 4.90. The molecule has 2 aliphatic rings. The molecule has 3 aromatic heterocycles. The summed E-state index contributed by atoms with van der Waals surface area (Å²) in [5.74, 6) is -3.20. The second-order valence-electron chi connectivity index (χ2n) is 10.1. The van der Waals surface area contributed by atoms with Crippen molar-refractivity contribution in [1.82, 2.24) is 24.7 Å². The molecule has 0 spiro atoms. The molecule has 1 N–H and O–H groups in total. The highest BCUT2D eigenvalue weighted by atomic mass is 19.3. The summed E-state index contributed by atoms with van der Waals surface area (Å²) < 4.78 is 33.6. The van der Waals surface area contributed by atoms with Crippen LogP contribution in [0.2, 0.25) is 0 Å². The summed E-state index contributed by atoms with van der Waals surface area (Å²) in [6.45, 7) is 0. The summed E-state index contributed by atoms with van der Waals surface area (Å²) in [5.41, 5.74) is 5.08. The van der Waals surface area contributed by atoms with Crippen molar-refractivity contribution in [2.24, 2.45) is 7.05 Å². The number of rotatable bonds is 8. The van der Waals surface area contributed by atoms with Crippen LogP contribution in [0.15, 0.2) is 61.2 Å². The molecule has 0 radical (unpaired) electrons. The van der Waals surface area contributed by atoms with Gasteiger partial charge < -0.3 is 9.84 Å². The van der Waals surface area contributed by atoms with Gasteiger partial charge in [0, 0.05) is 49.8 Å². The van der Waals surface area contributed by atoms with Crippen molar-refractivity contribution >= 4 is 5.97 Å². The van der Waals surface area contributed by atoms with E-state index in [2.05, 4.69) is 20.1 Å². The van der Waals surface area contributed by atoms with Crippen LogP contribution >= 0.6 is 0 Å². The number of aromatic nitrogens is 5. The minimum absolute atomic E-state index is 0.233. The first-order valence-electron chi connectivity index (χ1n) is 12.4. The molecule has 2 fully saturated rings. The Balaban J connectivity index is 1.18. The monoisotopic (exact) mass is 517 g/mol. The van der Waals surface area contributed by atoms with Gasteiger partial charge in [-0.2, -0.15) is 5.10 Å². The van der Waals surface area contributed by atoms with Crippen molar-refractivity contribution in [2.75, 3.05) is 0 Å². The second-order valence-corrected chi connectivity index (χ2v) is 10.1. The van der Waals surface area contributed by atoms with Crippen molar-refractivity contribution in [3.05, 3.63) is 78.1 Å². The van der Waals surface area contributed by atoms with Crippen molar-refractivity contribution in [1.29, 1.82) is 0 Å². The van der Waals surface area contributed by atoms with Crippen LogP contribution in [0.1, 0.15) is 42.6 Å². The van der Waals surface area contributed by atoms with Gasteiger partial charge in [0.15, 0.2) is 0 Å². The SMILES string of the molecule is Cn1ncc(-c2ccc(-c3ccc(C4(C(=O)O)CC4)cc3)cn2)c1Cc1cncc(OC2CC(F)(F)C2)n1. The van der Waals surface area contributed by atoms with E-state index in [0.29, 0.717) is 25.0 Å². The average molecular weight is 518 g/mol. The van der Waals surface area contributed by atoms with Gasteiger partial charge in [0.2, 0.25) is 5.88 Å². The average Bonchev–Trinajstić information content (AvgIpc) is 3.63. The molecule has 0 aliphatic heterocycles. The highest BCUT2D eigenvalue weighted by Crippen LogP contribution is 2.48. The number of alkyl halides is 2. The van der Waals surface area contributed by atoms with Gasteiger partial charge in [-0.3, -0.25) is 19.4 Å². The van der Waals surface area contributed by atoms with Crippen molar-refractivity contribution in [3.63, 3.8) is 0 Å². The Labute approximate surface area is 217 Å². The summed E-state index contributed by atoms with van der Waals surface area (Å²) >= 11 is 0. The highest BCUT2D eigenvalue weighted by molar-refractivity contribution is 5.85. The maximum absolute atomic E-state index is 13.1. The Bertz CT molecular complexity index is 1490. The fraction of sp³-hybridized carbons (Fsp3) is 0.321. The Kier molecular flexibility index (Phi) is 5.70. The number of hydrogen-bond donors (Lipinski definition) is 1. The van der Waals surface area contributed by atoms with E-state index in [-0.39, 0.29) is 18.7 Å². The van der Waals surface area contributed by atoms with Gasteiger partial charge in [0.25, 0.3) is 5.92 Å². The molecule has 0 saturated heterocycles. The Morgan fingerprint density at radius 3 is 2.42 bits per heavy atom. The third-order valence-electron chi connectivity index (χ3n) is 7.38. The minimum Gasteiger partial charge on any atom is -0.481 e. The number of pyridine rings is 1. The lowest BCUT2D eigenvalue weighted by Gasteiger charge is -2.34. The van der Waals surface area contributed by atoms with E-state index in [0.717, 1.165) is 33.6 Å². The number of benzene rings is 1. The first-order chi connectivity index (χ1) is 18.2. The molecule has 1 aromatic carbocycles. The molecule has 0 unspecified atom stereocenters. The summed E-state index contributed by atoms with van der Waals surface area (Å²) in [6, 6.07) is 11.5. The van der Waals surface area contributed by atoms with E-state index in [9.17, 15) is 18.7 Å². The van der Waals surface area contributed by atoms with Crippen LogP contribution in [-0.4, -0.2) is 47.8 Å². The Morgan fingerprint density at radius 1 is 1.05 bits per heavy atom. The number of ether oxygens (including phenoxy) is 1. The number of halogens is 2. The first-order valence-corrected chi connectivity index (χ1v) is 12.4. The van der Waals surface area contributed by atoms with Crippen LogP contribution in [0, 0.1) is 0 Å². The Morgan fingerprint density at radius 2 is 1.79 bits per heavy atom. The van der Waals surface area contributed by atoms with Crippen LogP contribution in [0.25, 0.3) is 22.4 Å². The lowest BCUT2D eigenvalue weighted by molar-refractivity contribution is -0.140. The van der Waals surface area contributed by atoms with Gasteiger partial charge in [-0.25, -0.2) is 13.8 Å². The van der Waals surface area contributed by atoms with Crippen LogP contribution in [0.3, 0.4) is 0 Å². The van der Waals surface area contributed by atoms with E-state index in [4.69, 9.17) is 4.74 Å². The maximum Gasteiger partial charge on any atom is 0.314 e. The predicted molar refractivity (Wildman–Crippen MR) is 134 cm³/mol. The predicted octanol–water partition coefficient (Wildman–Crippen LogP) is 4.82. The number of nitrogens with zero attached hydrogens (tertiary/aromatic N) is 5. The molecule has 2 saturated carbocycles. The van der Waals surface area contributed by atoms with Crippen LogP contribution in [0.5, 0.6) is 5.88 Å². The maximum atomic E-state index is 13.1. The number of hydrogen-bond acceptors (Lipinski definition) is 6. The van der Waals surface area contributed by atoms with E-state index >= 15 is 0 Å². The van der Waals surface area contributed by atoms with Crippen molar-refractivity contribution in [3.8, 4) is 28.3 Å². The third kappa shape index (κ3) is 4.51. The lowest BCUT2D eigenvalue weighted by Crippen LogP contribution is -2.43. The molecule has 0 atom stereocenters. The number of aliphatic carboxylic acids is 1. The molecule has 10 heteroatoms. The number of carboxylic acids is 1. The number of carbonyl (C=O) groups is 1. The molecule has 38 heavy (non-hydrogen) atoms. The van der Waals surface area contributed by atoms with Crippen LogP contribution in [0.4, 0.5) is 8.78 Å². The summed E-state index contributed by atoms with van der Waals surface area (Å²) in [6.07, 6.45) is 7.19. The summed E-state index contributed by atoms with van der Waals surface area (Å²) in [4.78, 5) is 24.9. The Hall–Kier alpha value is -4.21. The van der Waals surface area contributed by atoms with E-state index in [1.165, 1.54) is 6.20 Å².